The number of nitrogens with one attached hydrogen (secondary N) is 1. The number of hydrogen-bond donors (Lipinski definition) is 1. The minimum absolute atomic E-state index is 0.0415. The van der Waals surface area contributed by atoms with E-state index < -0.39 is 0 Å². The standard InChI is InChI=1S/C19H25N3O4/c1-24-17-5-4-15(18(13-17)25-2)12-16(14-20)19(23)21-6-3-7-22-8-10-26-11-9-22/h4-5,12-13H,3,6-11H2,1-2H3,(H,21,23). The second-order valence-corrected chi connectivity index (χ2v) is 5.84. The fraction of sp³-hybridized carbons (Fsp3) is 0.474. The number of carbonyl (C=O) groups excluding carboxylic acids is 1. The highest BCUT2D eigenvalue weighted by Gasteiger charge is 2.12. The molecular formula is C19H25N3O4. The summed E-state index contributed by atoms with van der Waals surface area (Å²) in [5, 5.41) is 12.1. The van der Waals surface area contributed by atoms with Crippen molar-refractivity contribution in [2.24, 2.45) is 0 Å². The zero-order valence-electron chi connectivity index (χ0n) is 15.3. The minimum atomic E-state index is -0.382. The third-order valence-corrected chi connectivity index (χ3v) is 4.15. The van der Waals surface area contributed by atoms with Gasteiger partial charge >= 0.3 is 0 Å². The number of amides is 1. The van der Waals surface area contributed by atoms with E-state index in [-0.39, 0.29) is 11.5 Å². The van der Waals surface area contributed by atoms with Crippen LogP contribution in [0.5, 0.6) is 11.5 Å². The van der Waals surface area contributed by atoms with Gasteiger partial charge in [-0.05, 0) is 31.2 Å². The normalized spacial score (nSPS) is 15.2. The molecule has 1 aliphatic rings. The number of benzene rings is 1. The van der Waals surface area contributed by atoms with Crippen LogP contribution < -0.4 is 14.8 Å². The Bertz CT molecular complexity index is 676. The Kier molecular flexibility index (Phi) is 7.93. The molecule has 1 N–H and O–H groups in total. The molecule has 1 saturated heterocycles. The summed E-state index contributed by atoms with van der Waals surface area (Å²) in [6.45, 7) is 4.80. The summed E-state index contributed by atoms with van der Waals surface area (Å²) in [6, 6.07) is 7.17. The first-order chi connectivity index (χ1) is 12.7. The van der Waals surface area contributed by atoms with Crippen LogP contribution >= 0.6 is 0 Å². The second kappa shape index (κ2) is 10.4. The Morgan fingerprint density at radius 3 is 2.77 bits per heavy atom. The number of morpholine rings is 1. The van der Waals surface area contributed by atoms with Crippen molar-refractivity contribution < 1.29 is 19.0 Å². The van der Waals surface area contributed by atoms with Crippen molar-refractivity contribution in [1.29, 1.82) is 5.26 Å². The summed E-state index contributed by atoms with van der Waals surface area (Å²) in [6.07, 6.45) is 2.35. The van der Waals surface area contributed by atoms with Crippen molar-refractivity contribution in [2.45, 2.75) is 6.42 Å². The van der Waals surface area contributed by atoms with Crippen molar-refractivity contribution in [3.63, 3.8) is 0 Å². The lowest BCUT2D eigenvalue weighted by molar-refractivity contribution is -0.117. The van der Waals surface area contributed by atoms with Crippen LogP contribution in [0.15, 0.2) is 23.8 Å². The fourth-order valence-electron chi connectivity index (χ4n) is 2.67. The van der Waals surface area contributed by atoms with Gasteiger partial charge in [0.05, 0.1) is 27.4 Å². The summed E-state index contributed by atoms with van der Waals surface area (Å²) in [4.78, 5) is 14.6. The van der Waals surface area contributed by atoms with Gasteiger partial charge < -0.3 is 19.5 Å². The Labute approximate surface area is 154 Å². The molecule has 7 heteroatoms. The SMILES string of the molecule is COc1ccc(C=C(C#N)C(=O)NCCCN2CCOCC2)c(OC)c1. The van der Waals surface area contributed by atoms with Crippen molar-refractivity contribution in [1.82, 2.24) is 10.2 Å². The Morgan fingerprint density at radius 2 is 2.12 bits per heavy atom. The van der Waals surface area contributed by atoms with Crippen LogP contribution in [0.1, 0.15) is 12.0 Å². The molecule has 0 aliphatic carbocycles. The molecule has 1 aromatic carbocycles. The molecule has 0 saturated carbocycles. The van der Waals surface area contributed by atoms with E-state index in [0.717, 1.165) is 39.3 Å². The predicted octanol–water partition coefficient (Wildman–Crippen LogP) is 1.45. The molecule has 0 atom stereocenters. The highest BCUT2D eigenvalue weighted by molar-refractivity contribution is 6.02. The van der Waals surface area contributed by atoms with Gasteiger partial charge in [-0.2, -0.15) is 5.26 Å². The average Bonchev–Trinajstić information content (AvgIpc) is 2.70. The number of carbonyl (C=O) groups is 1. The third kappa shape index (κ3) is 5.76. The van der Waals surface area contributed by atoms with Crippen LogP contribution in [0.2, 0.25) is 0 Å². The smallest absolute Gasteiger partial charge is 0.261 e. The molecule has 1 aromatic rings. The molecule has 1 aliphatic heterocycles. The Hall–Kier alpha value is -2.56. The molecule has 2 rings (SSSR count). The molecule has 140 valence electrons. The van der Waals surface area contributed by atoms with Gasteiger partial charge in [0.25, 0.3) is 5.91 Å². The van der Waals surface area contributed by atoms with Gasteiger partial charge in [-0.25, -0.2) is 0 Å². The first-order valence-corrected chi connectivity index (χ1v) is 8.60. The van der Waals surface area contributed by atoms with E-state index >= 15 is 0 Å². The van der Waals surface area contributed by atoms with Gasteiger partial charge in [0, 0.05) is 31.3 Å². The molecule has 0 bridgehead atoms. The Balaban J connectivity index is 1.91. The summed E-state index contributed by atoms with van der Waals surface area (Å²) in [5.41, 5.74) is 0.688. The molecular weight excluding hydrogens is 334 g/mol. The van der Waals surface area contributed by atoms with Crippen LogP contribution in [0, 0.1) is 11.3 Å². The van der Waals surface area contributed by atoms with Crippen molar-refractivity contribution in [3.05, 3.63) is 29.3 Å². The summed E-state index contributed by atoms with van der Waals surface area (Å²) in [5.74, 6) is 0.801. The van der Waals surface area contributed by atoms with Crippen LogP contribution in [-0.2, 0) is 9.53 Å². The quantitative estimate of drug-likeness (QED) is 0.430. The van der Waals surface area contributed by atoms with E-state index in [1.54, 1.807) is 25.3 Å². The molecule has 0 radical (unpaired) electrons. The molecule has 0 unspecified atom stereocenters. The fourth-order valence-corrected chi connectivity index (χ4v) is 2.67. The van der Waals surface area contributed by atoms with Crippen LogP contribution in [0.3, 0.4) is 0 Å². The first-order valence-electron chi connectivity index (χ1n) is 8.60. The second-order valence-electron chi connectivity index (χ2n) is 5.84. The lowest BCUT2D eigenvalue weighted by Crippen LogP contribution is -2.38. The van der Waals surface area contributed by atoms with Crippen LogP contribution in [0.25, 0.3) is 6.08 Å². The van der Waals surface area contributed by atoms with Gasteiger partial charge in [-0.3, -0.25) is 9.69 Å². The van der Waals surface area contributed by atoms with Gasteiger partial charge in [0.1, 0.15) is 23.1 Å². The highest BCUT2D eigenvalue weighted by Crippen LogP contribution is 2.26. The first kappa shape index (κ1) is 19.8. The number of rotatable bonds is 8. The number of hydrogen-bond acceptors (Lipinski definition) is 6. The maximum absolute atomic E-state index is 12.3. The van der Waals surface area contributed by atoms with E-state index in [1.807, 2.05) is 6.07 Å². The molecule has 26 heavy (non-hydrogen) atoms. The molecule has 0 spiro atoms. The zero-order chi connectivity index (χ0) is 18.8. The van der Waals surface area contributed by atoms with Gasteiger partial charge in [-0.1, -0.05) is 0 Å². The van der Waals surface area contributed by atoms with Gasteiger partial charge in [-0.15, -0.1) is 0 Å². The van der Waals surface area contributed by atoms with Crippen molar-refractivity contribution >= 4 is 12.0 Å². The van der Waals surface area contributed by atoms with E-state index in [0.29, 0.717) is 23.6 Å². The van der Waals surface area contributed by atoms with Crippen molar-refractivity contribution in [3.8, 4) is 17.6 Å². The highest BCUT2D eigenvalue weighted by atomic mass is 16.5. The van der Waals surface area contributed by atoms with Crippen LogP contribution in [0.4, 0.5) is 0 Å². The van der Waals surface area contributed by atoms with E-state index in [4.69, 9.17) is 14.2 Å². The minimum Gasteiger partial charge on any atom is -0.497 e. The summed E-state index contributed by atoms with van der Waals surface area (Å²) < 4.78 is 15.8. The molecule has 1 fully saturated rings. The van der Waals surface area contributed by atoms with Crippen LogP contribution in [-0.4, -0.2) is 64.4 Å². The molecule has 7 nitrogen and oxygen atoms in total. The van der Waals surface area contributed by atoms with E-state index in [2.05, 4.69) is 10.2 Å². The largest absolute Gasteiger partial charge is 0.497 e. The summed E-state index contributed by atoms with van der Waals surface area (Å²) in [7, 11) is 3.10. The average molecular weight is 359 g/mol. The maximum atomic E-state index is 12.3. The monoisotopic (exact) mass is 359 g/mol. The van der Waals surface area contributed by atoms with E-state index in [9.17, 15) is 10.1 Å². The van der Waals surface area contributed by atoms with E-state index in [1.165, 1.54) is 13.2 Å². The lowest BCUT2D eigenvalue weighted by Gasteiger charge is -2.26. The number of ether oxygens (including phenoxy) is 3. The van der Waals surface area contributed by atoms with Gasteiger partial charge in [0.15, 0.2) is 0 Å². The molecule has 1 amide bonds. The predicted molar refractivity (Wildman–Crippen MR) is 98.0 cm³/mol. The number of nitriles is 1. The topological polar surface area (TPSA) is 83.8 Å². The molecule has 1 heterocycles. The third-order valence-electron chi connectivity index (χ3n) is 4.15. The Morgan fingerprint density at radius 1 is 1.35 bits per heavy atom. The maximum Gasteiger partial charge on any atom is 0.261 e. The van der Waals surface area contributed by atoms with Gasteiger partial charge in [0.2, 0.25) is 0 Å². The zero-order valence-corrected chi connectivity index (χ0v) is 15.3. The van der Waals surface area contributed by atoms with Crippen molar-refractivity contribution in [2.75, 3.05) is 53.6 Å². The summed E-state index contributed by atoms with van der Waals surface area (Å²) >= 11 is 0. The number of nitrogens with zero attached hydrogens (tertiary/aromatic N) is 2. The molecule has 0 aromatic heterocycles. The number of methoxy groups -OCH3 is 2. The lowest BCUT2D eigenvalue weighted by atomic mass is 10.1.